The number of rotatable bonds is 9. The Morgan fingerprint density at radius 3 is 1.97 bits per heavy atom. The third-order valence-corrected chi connectivity index (χ3v) is 5.98. The molecule has 0 saturated heterocycles. The minimum atomic E-state index is -0.780. The summed E-state index contributed by atoms with van der Waals surface area (Å²) < 4.78 is 11.1. The molecule has 0 bridgehead atoms. The summed E-state index contributed by atoms with van der Waals surface area (Å²) in [6.07, 6.45) is 3.97. The van der Waals surface area contributed by atoms with Gasteiger partial charge in [-0.1, -0.05) is 19.9 Å². The van der Waals surface area contributed by atoms with Crippen LogP contribution in [0, 0.1) is 10.8 Å². The highest BCUT2D eigenvalue weighted by atomic mass is 16.6. The number of esters is 2. The molecule has 1 atom stereocenters. The molecular formula is C24H35NO5. The molecule has 0 radical (unpaired) electrons. The molecule has 0 aromatic heterocycles. The Balaban J connectivity index is 1.74. The van der Waals surface area contributed by atoms with Crippen LogP contribution in [-0.2, 0) is 9.59 Å². The molecule has 30 heavy (non-hydrogen) atoms. The van der Waals surface area contributed by atoms with Gasteiger partial charge in [-0.05, 0) is 75.0 Å². The molecule has 2 N–H and O–H groups in total. The highest BCUT2D eigenvalue weighted by molar-refractivity contribution is 5.77. The first kappa shape index (κ1) is 22.8. The molecular weight excluding hydrogens is 382 g/mol. The lowest BCUT2D eigenvalue weighted by molar-refractivity contribution is -0.138. The fourth-order valence-electron chi connectivity index (χ4n) is 3.21. The molecule has 2 saturated carbocycles. The minimum absolute atomic E-state index is 0.0161. The summed E-state index contributed by atoms with van der Waals surface area (Å²) in [7, 11) is 0. The average molecular weight is 418 g/mol. The fourth-order valence-corrected chi connectivity index (χ4v) is 3.21. The zero-order valence-corrected chi connectivity index (χ0v) is 18.8. The Bertz CT molecular complexity index is 802. The van der Waals surface area contributed by atoms with E-state index >= 15 is 0 Å². The van der Waals surface area contributed by atoms with Crippen molar-refractivity contribution in [2.75, 3.05) is 6.54 Å². The van der Waals surface area contributed by atoms with Crippen molar-refractivity contribution in [1.29, 1.82) is 0 Å². The number of hydrogen-bond donors (Lipinski definition) is 2. The normalized spacial score (nSPS) is 19.7. The van der Waals surface area contributed by atoms with Gasteiger partial charge in [-0.2, -0.15) is 0 Å². The van der Waals surface area contributed by atoms with Crippen LogP contribution in [-0.4, -0.2) is 29.1 Å². The average Bonchev–Trinajstić information content (AvgIpc) is 3.53. The number of aliphatic hydroxyl groups excluding tert-OH is 1. The zero-order valence-electron chi connectivity index (χ0n) is 18.8. The summed E-state index contributed by atoms with van der Waals surface area (Å²) >= 11 is 0. The molecule has 0 heterocycles. The van der Waals surface area contributed by atoms with Gasteiger partial charge in [0.2, 0.25) is 0 Å². The van der Waals surface area contributed by atoms with Crippen molar-refractivity contribution in [2.45, 2.75) is 84.8 Å². The van der Waals surface area contributed by atoms with Gasteiger partial charge in [0.25, 0.3) is 0 Å². The van der Waals surface area contributed by atoms with E-state index in [1.165, 1.54) is 0 Å². The van der Waals surface area contributed by atoms with E-state index in [0.717, 1.165) is 25.7 Å². The number of ether oxygens (including phenoxy) is 2. The molecule has 0 aliphatic heterocycles. The molecule has 0 amide bonds. The number of aliphatic hydroxyl groups is 1. The molecule has 6 nitrogen and oxygen atoms in total. The topological polar surface area (TPSA) is 84.9 Å². The quantitative estimate of drug-likeness (QED) is 0.460. The Hall–Kier alpha value is -1.92. The van der Waals surface area contributed by atoms with Crippen molar-refractivity contribution in [3.63, 3.8) is 0 Å². The molecule has 1 aromatic rings. The van der Waals surface area contributed by atoms with Crippen molar-refractivity contribution in [3.8, 4) is 11.5 Å². The smallest absolute Gasteiger partial charge is 0.311 e. The van der Waals surface area contributed by atoms with Crippen molar-refractivity contribution in [1.82, 2.24) is 5.32 Å². The minimum Gasteiger partial charge on any atom is -0.422 e. The monoisotopic (exact) mass is 417 g/mol. The Labute approximate surface area is 179 Å². The maximum atomic E-state index is 12.4. The van der Waals surface area contributed by atoms with E-state index in [0.29, 0.717) is 24.9 Å². The fraction of sp³-hybridized carbons (Fsp3) is 0.667. The predicted molar refractivity (Wildman–Crippen MR) is 114 cm³/mol. The van der Waals surface area contributed by atoms with Gasteiger partial charge >= 0.3 is 11.9 Å². The number of carbonyl (C=O) groups excluding carboxylic acids is 2. The Kier molecular flexibility index (Phi) is 6.30. The largest absolute Gasteiger partial charge is 0.422 e. The summed E-state index contributed by atoms with van der Waals surface area (Å²) in [5.41, 5.74) is 0.511. The first-order chi connectivity index (χ1) is 13.9. The number of nitrogens with one attached hydrogen (secondary N) is 1. The molecule has 2 aliphatic rings. The van der Waals surface area contributed by atoms with Gasteiger partial charge in [0.15, 0.2) is 11.5 Å². The summed E-state index contributed by atoms with van der Waals surface area (Å²) in [4.78, 5) is 24.8. The summed E-state index contributed by atoms with van der Waals surface area (Å²) in [6, 6.07) is 4.91. The molecule has 1 unspecified atom stereocenters. The van der Waals surface area contributed by atoms with Crippen LogP contribution >= 0.6 is 0 Å². The van der Waals surface area contributed by atoms with Crippen LogP contribution in [0.15, 0.2) is 18.2 Å². The van der Waals surface area contributed by atoms with Gasteiger partial charge in [0, 0.05) is 12.1 Å². The highest BCUT2D eigenvalue weighted by Crippen LogP contribution is 2.49. The molecule has 2 fully saturated rings. The van der Waals surface area contributed by atoms with Crippen LogP contribution in [0.4, 0.5) is 0 Å². The zero-order chi connectivity index (χ0) is 22.2. The van der Waals surface area contributed by atoms with Gasteiger partial charge in [-0.25, -0.2) is 0 Å². The SMILES string of the molecule is CC1(CC(=O)Oc2ccc(C(O)CNC(C)(C)C)cc2OC(=O)CC2(C)CC2)CC1. The Morgan fingerprint density at radius 2 is 1.50 bits per heavy atom. The third kappa shape index (κ3) is 6.81. The van der Waals surface area contributed by atoms with E-state index in [4.69, 9.17) is 9.47 Å². The lowest BCUT2D eigenvalue weighted by Gasteiger charge is -2.23. The lowest BCUT2D eigenvalue weighted by Crippen LogP contribution is -2.38. The van der Waals surface area contributed by atoms with Crippen molar-refractivity contribution in [2.24, 2.45) is 10.8 Å². The van der Waals surface area contributed by atoms with Crippen LogP contribution in [0.2, 0.25) is 0 Å². The maximum Gasteiger partial charge on any atom is 0.311 e. The number of β-amino-alcohol motifs (C(OH)–C–C–N with tert-alkyl or cyclic N) is 1. The first-order valence-electron chi connectivity index (χ1n) is 10.8. The van der Waals surface area contributed by atoms with Crippen LogP contribution < -0.4 is 14.8 Å². The lowest BCUT2D eigenvalue weighted by atomic mass is 10.0. The van der Waals surface area contributed by atoms with Gasteiger partial charge in [-0.3, -0.25) is 9.59 Å². The van der Waals surface area contributed by atoms with E-state index in [2.05, 4.69) is 19.2 Å². The van der Waals surface area contributed by atoms with E-state index in [1.807, 2.05) is 20.8 Å². The molecule has 166 valence electrons. The van der Waals surface area contributed by atoms with Crippen LogP contribution in [0.5, 0.6) is 11.5 Å². The second-order valence-electron chi connectivity index (χ2n) is 10.8. The van der Waals surface area contributed by atoms with Gasteiger partial charge in [0.1, 0.15) is 0 Å². The van der Waals surface area contributed by atoms with E-state index in [9.17, 15) is 14.7 Å². The third-order valence-electron chi connectivity index (χ3n) is 5.98. The van der Waals surface area contributed by atoms with E-state index in [1.54, 1.807) is 18.2 Å². The standard InChI is InChI=1S/C24H35NO5/c1-22(2,3)25-15-17(26)16-6-7-18(29-20(27)13-23(4)8-9-23)19(12-16)30-21(28)14-24(5)10-11-24/h6-7,12,17,25-26H,8-11,13-15H2,1-5H3. The molecule has 6 heteroatoms. The number of carbonyl (C=O) groups is 2. The van der Waals surface area contributed by atoms with Crippen LogP contribution in [0.3, 0.4) is 0 Å². The van der Waals surface area contributed by atoms with Crippen molar-refractivity contribution < 1.29 is 24.2 Å². The van der Waals surface area contributed by atoms with E-state index < -0.39 is 6.10 Å². The molecule has 3 rings (SSSR count). The number of hydrogen-bond acceptors (Lipinski definition) is 6. The molecule has 1 aromatic carbocycles. The second-order valence-corrected chi connectivity index (χ2v) is 10.8. The van der Waals surface area contributed by atoms with Gasteiger partial charge < -0.3 is 19.9 Å². The van der Waals surface area contributed by atoms with Crippen LogP contribution in [0.1, 0.15) is 84.8 Å². The van der Waals surface area contributed by atoms with Crippen LogP contribution in [0.25, 0.3) is 0 Å². The van der Waals surface area contributed by atoms with Gasteiger partial charge in [-0.15, -0.1) is 0 Å². The first-order valence-corrected chi connectivity index (χ1v) is 10.8. The Morgan fingerprint density at radius 1 is 1.00 bits per heavy atom. The maximum absolute atomic E-state index is 12.4. The molecule has 2 aliphatic carbocycles. The van der Waals surface area contributed by atoms with Gasteiger partial charge in [0.05, 0.1) is 18.9 Å². The summed E-state index contributed by atoms with van der Waals surface area (Å²) in [5.74, 6) is -0.269. The summed E-state index contributed by atoms with van der Waals surface area (Å²) in [6.45, 7) is 10.5. The summed E-state index contributed by atoms with van der Waals surface area (Å²) in [5, 5.41) is 13.8. The second kappa shape index (κ2) is 8.31. The predicted octanol–water partition coefficient (Wildman–Crippen LogP) is 4.30. The number of benzene rings is 1. The van der Waals surface area contributed by atoms with Crippen molar-refractivity contribution in [3.05, 3.63) is 23.8 Å². The van der Waals surface area contributed by atoms with Crippen molar-refractivity contribution >= 4 is 11.9 Å². The molecule has 0 spiro atoms. The van der Waals surface area contributed by atoms with E-state index in [-0.39, 0.29) is 39.8 Å². The highest BCUT2D eigenvalue weighted by Gasteiger charge is 2.41.